The van der Waals surface area contributed by atoms with E-state index in [0.29, 0.717) is 0 Å². The van der Waals surface area contributed by atoms with Crippen molar-refractivity contribution in [2.24, 2.45) is 0 Å². The maximum absolute atomic E-state index is 10.9. The van der Waals surface area contributed by atoms with Crippen molar-refractivity contribution < 1.29 is 13.5 Å². The molecule has 0 amide bonds. The third-order valence-corrected chi connectivity index (χ3v) is 3.05. The fourth-order valence-corrected chi connectivity index (χ4v) is 2.53. The van der Waals surface area contributed by atoms with Crippen LogP contribution in [-0.2, 0) is 10.0 Å². The molecule has 2 N–H and O–H groups in total. The Kier molecular flexibility index (Phi) is 4.31. The summed E-state index contributed by atoms with van der Waals surface area (Å²) in [6, 6.07) is 0.0451. The van der Waals surface area contributed by atoms with Gasteiger partial charge in [0.1, 0.15) is 0 Å². The van der Waals surface area contributed by atoms with Gasteiger partial charge in [-0.05, 0) is 19.4 Å². The van der Waals surface area contributed by atoms with Gasteiger partial charge in [0.25, 0.3) is 0 Å². The van der Waals surface area contributed by atoms with Gasteiger partial charge in [-0.3, -0.25) is 0 Å². The number of aliphatic hydroxyl groups is 1. The Morgan fingerprint density at radius 2 is 2.29 bits per heavy atom. The number of hydrogen-bond donors (Lipinski definition) is 2. The zero-order valence-electron chi connectivity index (χ0n) is 8.44. The summed E-state index contributed by atoms with van der Waals surface area (Å²) in [4.78, 5) is 2.17. The quantitative estimate of drug-likeness (QED) is 0.625. The third-order valence-electron chi connectivity index (χ3n) is 2.29. The fraction of sp³-hybridized carbons (Fsp3) is 1.00. The van der Waals surface area contributed by atoms with Crippen LogP contribution in [0.1, 0.15) is 12.8 Å². The van der Waals surface area contributed by atoms with Crippen molar-refractivity contribution in [3.05, 3.63) is 0 Å². The summed E-state index contributed by atoms with van der Waals surface area (Å²) in [5.74, 6) is 0. The number of hydrogen-bond acceptors (Lipinski definition) is 4. The van der Waals surface area contributed by atoms with E-state index in [9.17, 15) is 8.42 Å². The van der Waals surface area contributed by atoms with Crippen LogP contribution in [0.4, 0.5) is 0 Å². The molecule has 0 radical (unpaired) electrons. The first kappa shape index (κ1) is 11.9. The fourth-order valence-electron chi connectivity index (χ4n) is 1.73. The summed E-state index contributed by atoms with van der Waals surface area (Å²) in [7, 11) is -3.08. The highest BCUT2D eigenvalue weighted by atomic mass is 32.2. The molecule has 1 fully saturated rings. The van der Waals surface area contributed by atoms with Crippen LogP contribution in [0.3, 0.4) is 0 Å². The first-order chi connectivity index (χ1) is 6.51. The van der Waals surface area contributed by atoms with Gasteiger partial charge in [-0.25, -0.2) is 13.1 Å². The van der Waals surface area contributed by atoms with E-state index in [0.717, 1.165) is 32.5 Å². The van der Waals surface area contributed by atoms with E-state index < -0.39 is 10.0 Å². The highest BCUT2D eigenvalue weighted by molar-refractivity contribution is 7.88. The number of nitrogens with one attached hydrogen (secondary N) is 1. The second-order valence-electron chi connectivity index (χ2n) is 3.75. The zero-order chi connectivity index (χ0) is 10.6. The Hall–Kier alpha value is -0.170. The molecular formula is C8H18N2O3S. The lowest BCUT2D eigenvalue weighted by Gasteiger charge is -2.15. The minimum Gasteiger partial charge on any atom is -0.396 e. The minimum absolute atomic E-state index is 0.0451. The van der Waals surface area contributed by atoms with E-state index in [2.05, 4.69) is 9.62 Å². The number of rotatable bonds is 5. The molecule has 0 spiro atoms. The van der Waals surface area contributed by atoms with Crippen LogP contribution in [0.5, 0.6) is 0 Å². The number of nitrogens with zero attached hydrogens (tertiary/aromatic N) is 1. The smallest absolute Gasteiger partial charge is 0.208 e. The minimum atomic E-state index is -3.08. The van der Waals surface area contributed by atoms with Crippen LogP contribution in [-0.4, -0.2) is 57.0 Å². The molecule has 1 rings (SSSR count). The molecular weight excluding hydrogens is 204 g/mol. The summed E-state index contributed by atoms with van der Waals surface area (Å²) in [6.45, 7) is 2.71. The summed E-state index contributed by atoms with van der Waals surface area (Å²) in [5.41, 5.74) is 0. The normalized spacial score (nSPS) is 24.3. The molecule has 0 bridgehead atoms. The molecule has 1 aliphatic rings. The van der Waals surface area contributed by atoms with E-state index in [1.165, 1.54) is 6.26 Å². The molecule has 5 nitrogen and oxygen atoms in total. The SMILES string of the molecule is CS(=O)(=O)NC1CCN(CCCO)C1. The Morgan fingerprint density at radius 3 is 2.86 bits per heavy atom. The Balaban J connectivity index is 2.27. The lowest BCUT2D eigenvalue weighted by atomic mass is 10.3. The van der Waals surface area contributed by atoms with Crippen molar-refractivity contribution in [1.82, 2.24) is 9.62 Å². The van der Waals surface area contributed by atoms with Crippen LogP contribution in [0.25, 0.3) is 0 Å². The largest absolute Gasteiger partial charge is 0.396 e. The molecule has 0 aromatic carbocycles. The average Bonchev–Trinajstić information content (AvgIpc) is 2.46. The summed E-state index contributed by atoms with van der Waals surface area (Å²) < 4.78 is 24.5. The molecule has 1 atom stereocenters. The highest BCUT2D eigenvalue weighted by Gasteiger charge is 2.23. The number of likely N-dealkylation sites (tertiary alicyclic amines) is 1. The molecule has 1 heterocycles. The van der Waals surface area contributed by atoms with Gasteiger partial charge in [0.2, 0.25) is 10.0 Å². The number of aliphatic hydroxyl groups excluding tert-OH is 1. The average molecular weight is 222 g/mol. The molecule has 1 saturated heterocycles. The first-order valence-electron chi connectivity index (χ1n) is 4.82. The van der Waals surface area contributed by atoms with Crippen molar-refractivity contribution >= 4 is 10.0 Å². The Labute approximate surface area is 85.2 Å². The number of sulfonamides is 1. The standard InChI is InChI=1S/C8H18N2O3S/c1-14(12,13)9-8-3-5-10(7-8)4-2-6-11/h8-9,11H,2-7H2,1H3. The molecule has 0 aliphatic carbocycles. The van der Waals surface area contributed by atoms with E-state index in [4.69, 9.17) is 5.11 Å². The van der Waals surface area contributed by atoms with Crippen molar-refractivity contribution in [2.45, 2.75) is 18.9 Å². The Bertz CT molecular complexity index is 266. The van der Waals surface area contributed by atoms with Crippen LogP contribution in [0, 0.1) is 0 Å². The molecule has 0 aromatic heterocycles. The molecule has 1 aliphatic heterocycles. The first-order valence-corrected chi connectivity index (χ1v) is 6.71. The van der Waals surface area contributed by atoms with E-state index in [1.807, 2.05) is 0 Å². The highest BCUT2D eigenvalue weighted by Crippen LogP contribution is 2.09. The molecule has 84 valence electrons. The predicted molar refractivity (Wildman–Crippen MR) is 54.5 cm³/mol. The second kappa shape index (κ2) is 5.06. The third kappa shape index (κ3) is 4.36. The van der Waals surface area contributed by atoms with Gasteiger partial charge in [0.05, 0.1) is 6.26 Å². The van der Waals surface area contributed by atoms with Gasteiger partial charge >= 0.3 is 0 Å². The maximum Gasteiger partial charge on any atom is 0.208 e. The molecule has 14 heavy (non-hydrogen) atoms. The van der Waals surface area contributed by atoms with Gasteiger partial charge in [0.15, 0.2) is 0 Å². The van der Waals surface area contributed by atoms with Gasteiger partial charge < -0.3 is 10.0 Å². The van der Waals surface area contributed by atoms with Gasteiger partial charge in [-0.1, -0.05) is 0 Å². The van der Waals surface area contributed by atoms with Crippen LogP contribution in [0.2, 0.25) is 0 Å². The molecule has 6 heteroatoms. The van der Waals surface area contributed by atoms with E-state index in [-0.39, 0.29) is 12.6 Å². The summed E-state index contributed by atoms with van der Waals surface area (Å²) >= 11 is 0. The van der Waals surface area contributed by atoms with Gasteiger partial charge in [-0.2, -0.15) is 0 Å². The summed E-state index contributed by atoms with van der Waals surface area (Å²) in [6.07, 6.45) is 2.80. The monoisotopic (exact) mass is 222 g/mol. The van der Waals surface area contributed by atoms with Crippen LogP contribution < -0.4 is 4.72 Å². The molecule has 0 aromatic rings. The molecule has 0 saturated carbocycles. The molecule has 1 unspecified atom stereocenters. The lowest BCUT2D eigenvalue weighted by Crippen LogP contribution is -2.36. The zero-order valence-corrected chi connectivity index (χ0v) is 9.26. The second-order valence-corrected chi connectivity index (χ2v) is 5.53. The Morgan fingerprint density at radius 1 is 1.57 bits per heavy atom. The van der Waals surface area contributed by atoms with E-state index in [1.54, 1.807) is 0 Å². The van der Waals surface area contributed by atoms with E-state index >= 15 is 0 Å². The summed E-state index contributed by atoms with van der Waals surface area (Å²) in [5, 5.41) is 8.64. The van der Waals surface area contributed by atoms with Crippen molar-refractivity contribution in [3.8, 4) is 0 Å². The lowest BCUT2D eigenvalue weighted by molar-refractivity contribution is 0.246. The van der Waals surface area contributed by atoms with Crippen molar-refractivity contribution in [2.75, 3.05) is 32.5 Å². The maximum atomic E-state index is 10.9. The van der Waals surface area contributed by atoms with Gasteiger partial charge in [-0.15, -0.1) is 0 Å². The van der Waals surface area contributed by atoms with Crippen molar-refractivity contribution in [1.29, 1.82) is 0 Å². The van der Waals surface area contributed by atoms with Gasteiger partial charge in [0, 0.05) is 25.7 Å². The van der Waals surface area contributed by atoms with Crippen LogP contribution >= 0.6 is 0 Å². The predicted octanol–water partition coefficient (Wildman–Crippen LogP) is -1.01. The van der Waals surface area contributed by atoms with Crippen molar-refractivity contribution in [3.63, 3.8) is 0 Å². The van der Waals surface area contributed by atoms with Crippen LogP contribution in [0.15, 0.2) is 0 Å². The topological polar surface area (TPSA) is 69.6 Å².